The van der Waals surface area contributed by atoms with Gasteiger partial charge in [0.25, 0.3) is 0 Å². The van der Waals surface area contributed by atoms with Crippen LogP contribution in [0.4, 0.5) is 0 Å². The fraction of sp³-hybridized carbons (Fsp3) is 0.385. The summed E-state index contributed by atoms with van der Waals surface area (Å²) in [5.74, 6) is -1.62. The fourth-order valence-corrected chi connectivity index (χ4v) is 2.11. The number of carbonyl (C=O) groups excluding carboxylic acids is 2. The summed E-state index contributed by atoms with van der Waals surface area (Å²) in [6.45, 7) is 1.77. The van der Waals surface area contributed by atoms with Crippen molar-refractivity contribution in [1.29, 1.82) is 0 Å². The van der Waals surface area contributed by atoms with Gasteiger partial charge in [0.2, 0.25) is 11.8 Å². The van der Waals surface area contributed by atoms with Gasteiger partial charge in [-0.1, -0.05) is 6.92 Å². The van der Waals surface area contributed by atoms with Crippen LogP contribution in [-0.4, -0.2) is 32.8 Å². The second-order valence-electron chi connectivity index (χ2n) is 4.69. The van der Waals surface area contributed by atoms with E-state index in [9.17, 15) is 14.4 Å². The molecule has 2 amide bonds. The summed E-state index contributed by atoms with van der Waals surface area (Å²) in [6, 6.07) is 2.92. The van der Waals surface area contributed by atoms with Crippen molar-refractivity contribution in [3.8, 4) is 0 Å². The van der Waals surface area contributed by atoms with Crippen LogP contribution in [0, 0.1) is 5.92 Å². The van der Waals surface area contributed by atoms with Crippen molar-refractivity contribution in [1.82, 2.24) is 9.88 Å². The van der Waals surface area contributed by atoms with Crippen LogP contribution in [-0.2, 0) is 16.1 Å². The number of pyridine rings is 1. The lowest BCUT2D eigenvalue weighted by molar-refractivity contribution is -0.150. The van der Waals surface area contributed by atoms with Crippen molar-refractivity contribution in [3.63, 3.8) is 0 Å². The number of aromatic carboxylic acids is 1. The third-order valence-electron chi connectivity index (χ3n) is 3.08. The zero-order valence-corrected chi connectivity index (χ0v) is 10.5. The highest BCUT2D eigenvalue weighted by molar-refractivity contribution is 5.98. The molecule has 0 spiro atoms. The van der Waals surface area contributed by atoms with E-state index >= 15 is 0 Å². The smallest absolute Gasteiger partial charge is 0.337 e. The van der Waals surface area contributed by atoms with E-state index in [0.29, 0.717) is 12.8 Å². The highest BCUT2D eigenvalue weighted by Crippen LogP contribution is 2.21. The number of imide groups is 1. The summed E-state index contributed by atoms with van der Waals surface area (Å²) in [5, 5.41) is 9.04. The number of carbonyl (C=O) groups is 3. The largest absolute Gasteiger partial charge is 0.478 e. The maximum absolute atomic E-state index is 11.8. The Morgan fingerprint density at radius 3 is 2.63 bits per heavy atom. The molecule has 6 nitrogen and oxygen atoms in total. The molecule has 2 heterocycles. The molecular formula is C13H14N2O4. The van der Waals surface area contributed by atoms with Crippen molar-refractivity contribution in [2.45, 2.75) is 26.3 Å². The lowest BCUT2D eigenvalue weighted by atomic mass is 9.97. The average Bonchev–Trinajstić information content (AvgIpc) is 2.34. The van der Waals surface area contributed by atoms with E-state index < -0.39 is 5.97 Å². The number of likely N-dealkylation sites (tertiary alicyclic amines) is 1. The highest BCUT2D eigenvalue weighted by atomic mass is 16.4. The minimum absolute atomic E-state index is 0.0155. The molecule has 0 aromatic carbocycles. The zero-order valence-electron chi connectivity index (χ0n) is 10.5. The van der Waals surface area contributed by atoms with E-state index in [4.69, 9.17) is 5.11 Å². The molecule has 0 unspecified atom stereocenters. The molecule has 0 radical (unpaired) electrons. The third-order valence-corrected chi connectivity index (χ3v) is 3.08. The molecule has 1 aromatic heterocycles. The van der Waals surface area contributed by atoms with Crippen molar-refractivity contribution in [2.75, 3.05) is 0 Å². The fourth-order valence-electron chi connectivity index (χ4n) is 2.11. The van der Waals surface area contributed by atoms with Crippen molar-refractivity contribution < 1.29 is 19.5 Å². The topological polar surface area (TPSA) is 87.6 Å². The predicted octanol–water partition coefficient (Wildman–Crippen LogP) is 1.06. The summed E-state index contributed by atoms with van der Waals surface area (Å²) in [5.41, 5.74) is 0.243. The molecule has 19 heavy (non-hydrogen) atoms. The summed E-state index contributed by atoms with van der Waals surface area (Å²) in [6.07, 6.45) is 2.06. The Labute approximate surface area is 110 Å². The minimum Gasteiger partial charge on any atom is -0.478 e. The van der Waals surface area contributed by atoms with E-state index in [1.807, 2.05) is 6.92 Å². The number of aromatic nitrogens is 1. The second-order valence-corrected chi connectivity index (χ2v) is 4.69. The van der Waals surface area contributed by atoms with Crippen LogP contribution in [0.3, 0.4) is 0 Å². The lowest BCUT2D eigenvalue weighted by Gasteiger charge is -2.28. The summed E-state index contributed by atoms with van der Waals surface area (Å²) in [4.78, 5) is 39.8. The van der Waals surface area contributed by atoms with Crippen molar-refractivity contribution >= 4 is 17.8 Å². The molecule has 2 rings (SSSR count). The summed E-state index contributed by atoms with van der Waals surface area (Å²) < 4.78 is 0. The Morgan fingerprint density at radius 2 is 2.05 bits per heavy atom. The molecule has 1 N–H and O–H groups in total. The molecular weight excluding hydrogens is 248 g/mol. The van der Waals surface area contributed by atoms with E-state index in [1.54, 1.807) is 0 Å². The molecule has 1 saturated heterocycles. The van der Waals surface area contributed by atoms with Crippen LogP contribution in [0.5, 0.6) is 0 Å². The molecule has 0 bridgehead atoms. The van der Waals surface area contributed by atoms with Gasteiger partial charge < -0.3 is 5.11 Å². The SMILES string of the molecule is CC1CC(=O)N(Cc2ncccc2C(=O)O)C(=O)C1. The average molecular weight is 262 g/mol. The molecule has 0 aliphatic carbocycles. The van der Waals surface area contributed by atoms with Gasteiger partial charge in [0, 0.05) is 19.0 Å². The van der Waals surface area contributed by atoms with Crippen LogP contribution in [0.2, 0.25) is 0 Å². The van der Waals surface area contributed by atoms with E-state index in [0.717, 1.165) is 4.90 Å². The maximum atomic E-state index is 11.8. The van der Waals surface area contributed by atoms with Crippen molar-refractivity contribution in [2.24, 2.45) is 5.92 Å². The quantitative estimate of drug-likeness (QED) is 0.823. The van der Waals surface area contributed by atoms with Gasteiger partial charge in [-0.3, -0.25) is 19.5 Å². The molecule has 1 fully saturated rings. The van der Waals surface area contributed by atoms with Crippen molar-refractivity contribution in [3.05, 3.63) is 29.6 Å². The molecule has 1 aliphatic heterocycles. The Balaban J connectivity index is 2.24. The van der Waals surface area contributed by atoms with Gasteiger partial charge in [-0.25, -0.2) is 4.79 Å². The van der Waals surface area contributed by atoms with E-state index in [1.165, 1.54) is 18.3 Å². The third kappa shape index (κ3) is 2.78. The number of rotatable bonds is 3. The van der Waals surface area contributed by atoms with Gasteiger partial charge in [-0.05, 0) is 18.1 Å². The van der Waals surface area contributed by atoms with Gasteiger partial charge in [-0.2, -0.15) is 0 Å². The summed E-state index contributed by atoms with van der Waals surface area (Å²) >= 11 is 0. The Bertz CT molecular complexity index is 523. The standard InChI is InChI=1S/C13H14N2O4/c1-8-5-11(16)15(12(17)6-8)7-10-9(13(18)19)3-2-4-14-10/h2-4,8H,5-7H2,1H3,(H,18,19). The predicted molar refractivity (Wildman–Crippen MR) is 65.2 cm³/mol. The van der Waals surface area contributed by atoms with Crippen LogP contribution in [0.1, 0.15) is 35.8 Å². The first-order valence-electron chi connectivity index (χ1n) is 5.99. The number of piperidine rings is 1. The highest BCUT2D eigenvalue weighted by Gasteiger charge is 2.31. The first kappa shape index (κ1) is 13.2. The lowest BCUT2D eigenvalue weighted by Crippen LogP contribution is -2.42. The minimum atomic E-state index is -1.12. The maximum Gasteiger partial charge on any atom is 0.337 e. The number of carboxylic acids is 1. The second kappa shape index (κ2) is 5.17. The molecule has 100 valence electrons. The van der Waals surface area contributed by atoms with E-state index in [-0.39, 0.29) is 35.5 Å². The molecule has 0 atom stereocenters. The summed E-state index contributed by atoms with van der Waals surface area (Å²) in [7, 11) is 0. The van der Waals surface area contributed by atoms with Gasteiger partial charge >= 0.3 is 5.97 Å². The van der Waals surface area contributed by atoms with Crippen LogP contribution in [0.25, 0.3) is 0 Å². The molecule has 1 aromatic rings. The van der Waals surface area contributed by atoms with Gasteiger partial charge in [0.15, 0.2) is 0 Å². The monoisotopic (exact) mass is 262 g/mol. The first-order chi connectivity index (χ1) is 8.99. The Morgan fingerprint density at radius 1 is 1.42 bits per heavy atom. The number of hydrogen-bond acceptors (Lipinski definition) is 4. The molecule has 6 heteroatoms. The Kier molecular flexibility index (Phi) is 3.59. The number of carboxylic acid groups (broad SMARTS) is 1. The molecule has 0 saturated carbocycles. The molecule has 1 aliphatic rings. The van der Waals surface area contributed by atoms with Crippen LogP contribution >= 0.6 is 0 Å². The zero-order chi connectivity index (χ0) is 14.0. The van der Waals surface area contributed by atoms with Crippen LogP contribution in [0.15, 0.2) is 18.3 Å². The van der Waals surface area contributed by atoms with Gasteiger partial charge in [0.05, 0.1) is 17.8 Å². The number of nitrogens with zero attached hydrogens (tertiary/aromatic N) is 2. The van der Waals surface area contributed by atoms with E-state index in [2.05, 4.69) is 4.98 Å². The van der Waals surface area contributed by atoms with Gasteiger partial charge in [-0.15, -0.1) is 0 Å². The van der Waals surface area contributed by atoms with Gasteiger partial charge in [0.1, 0.15) is 0 Å². The first-order valence-corrected chi connectivity index (χ1v) is 5.99. The number of hydrogen-bond donors (Lipinski definition) is 1. The Hall–Kier alpha value is -2.24. The number of amides is 2. The van der Waals surface area contributed by atoms with Crippen LogP contribution < -0.4 is 0 Å². The normalized spacial score (nSPS) is 16.8.